The van der Waals surface area contributed by atoms with Gasteiger partial charge >= 0.3 is 6.09 Å². The van der Waals surface area contributed by atoms with E-state index in [1.165, 1.54) is 0 Å². The molecule has 2 fully saturated rings. The smallest absolute Gasteiger partial charge is 0.410 e. The van der Waals surface area contributed by atoms with Crippen molar-refractivity contribution in [2.75, 3.05) is 12.3 Å². The zero-order valence-corrected chi connectivity index (χ0v) is 13.1. The lowest BCUT2D eigenvalue weighted by Gasteiger charge is -2.28. The van der Waals surface area contributed by atoms with Crippen LogP contribution in [-0.2, 0) is 16.1 Å². The van der Waals surface area contributed by atoms with E-state index in [1.807, 2.05) is 47.0 Å². The molecule has 4 nitrogen and oxygen atoms in total. The fourth-order valence-corrected chi connectivity index (χ4v) is 3.95. The molecule has 1 unspecified atom stereocenters. The van der Waals surface area contributed by atoms with Gasteiger partial charge in [0.25, 0.3) is 0 Å². The lowest BCUT2D eigenvalue weighted by Crippen LogP contribution is -2.44. The number of thioether (sulfide) groups is 1. The van der Waals surface area contributed by atoms with Gasteiger partial charge in [-0.15, -0.1) is 11.8 Å². The highest BCUT2D eigenvalue weighted by Gasteiger charge is 2.39. The number of likely N-dealkylation sites (tertiary alicyclic amines) is 1. The quantitative estimate of drug-likeness (QED) is 0.859. The van der Waals surface area contributed by atoms with Crippen LogP contribution in [0.4, 0.5) is 4.79 Å². The molecule has 0 radical (unpaired) electrons. The SMILES string of the molecule is CC1O[C@H]([C@H]2CCCN2C(=O)OCc2ccccc2)CS1. The number of ether oxygens (including phenoxy) is 2. The van der Waals surface area contributed by atoms with Gasteiger partial charge in [-0.2, -0.15) is 0 Å². The average Bonchev–Trinajstić information content (AvgIpc) is 3.14. The Kier molecular flexibility index (Phi) is 4.70. The molecular formula is C16H21NO3S. The van der Waals surface area contributed by atoms with Crippen LogP contribution in [0.25, 0.3) is 0 Å². The minimum absolute atomic E-state index is 0.150. The molecule has 1 aromatic carbocycles. The Morgan fingerprint density at radius 3 is 2.95 bits per heavy atom. The third kappa shape index (κ3) is 3.52. The lowest BCUT2D eigenvalue weighted by molar-refractivity contribution is 0.0131. The molecule has 1 amide bonds. The fraction of sp³-hybridized carbons (Fsp3) is 0.562. The Balaban J connectivity index is 1.56. The summed E-state index contributed by atoms with van der Waals surface area (Å²) in [7, 11) is 0. The first-order chi connectivity index (χ1) is 10.2. The van der Waals surface area contributed by atoms with Crippen LogP contribution in [0, 0.1) is 0 Å². The van der Waals surface area contributed by atoms with Crippen LogP contribution in [-0.4, -0.2) is 40.9 Å². The molecule has 3 rings (SSSR count). The van der Waals surface area contributed by atoms with E-state index in [-0.39, 0.29) is 23.7 Å². The Hall–Kier alpha value is -1.20. The highest BCUT2D eigenvalue weighted by Crippen LogP contribution is 2.32. The van der Waals surface area contributed by atoms with Gasteiger partial charge in [-0.25, -0.2) is 4.79 Å². The summed E-state index contributed by atoms with van der Waals surface area (Å²) in [6, 6.07) is 9.96. The third-order valence-electron chi connectivity index (χ3n) is 4.03. The molecule has 0 saturated carbocycles. The van der Waals surface area contributed by atoms with Crippen LogP contribution >= 0.6 is 11.8 Å². The van der Waals surface area contributed by atoms with E-state index in [0.717, 1.165) is 30.7 Å². The third-order valence-corrected chi connectivity index (χ3v) is 5.13. The maximum Gasteiger partial charge on any atom is 0.410 e. The minimum Gasteiger partial charge on any atom is -0.445 e. The lowest BCUT2D eigenvalue weighted by atomic mass is 10.1. The standard InChI is InChI=1S/C16H21NO3S/c1-12-20-15(11-21-12)14-8-5-9-17(14)16(18)19-10-13-6-3-2-4-7-13/h2-4,6-7,12,14-15H,5,8-11H2,1H3/t12?,14-,15+/m1/s1. The fourth-order valence-electron chi connectivity index (χ4n) is 2.96. The van der Waals surface area contributed by atoms with Crippen molar-refractivity contribution in [1.82, 2.24) is 4.90 Å². The second kappa shape index (κ2) is 6.71. The zero-order chi connectivity index (χ0) is 14.7. The van der Waals surface area contributed by atoms with Crippen molar-refractivity contribution in [3.8, 4) is 0 Å². The van der Waals surface area contributed by atoms with Crippen LogP contribution in [0.1, 0.15) is 25.3 Å². The topological polar surface area (TPSA) is 38.8 Å². The number of amides is 1. The molecular weight excluding hydrogens is 286 g/mol. The molecule has 0 bridgehead atoms. The number of rotatable bonds is 3. The molecule has 1 aromatic rings. The highest BCUT2D eigenvalue weighted by atomic mass is 32.2. The Labute approximate surface area is 129 Å². The van der Waals surface area contributed by atoms with E-state index < -0.39 is 0 Å². The van der Waals surface area contributed by atoms with Gasteiger partial charge in [-0.3, -0.25) is 0 Å². The largest absolute Gasteiger partial charge is 0.445 e. The average molecular weight is 307 g/mol. The number of hydrogen-bond donors (Lipinski definition) is 0. The molecule has 0 aromatic heterocycles. The summed E-state index contributed by atoms with van der Waals surface area (Å²) >= 11 is 1.82. The van der Waals surface area contributed by atoms with Crippen molar-refractivity contribution in [2.45, 2.75) is 44.0 Å². The predicted molar refractivity (Wildman–Crippen MR) is 83.1 cm³/mol. The van der Waals surface area contributed by atoms with Gasteiger partial charge in [-0.05, 0) is 25.3 Å². The molecule has 3 atom stereocenters. The Morgan fingerprint density at radius 2 is 2.24 bits per heavy atom. The van der Waals surface area contributed by atoms with Gasteiger partial charge in [0.1, 0.15) is 12.0 Å². The van der Waals surface area contributed by atoms with E-state index >= 15 is 0 Å². The van der Waals surface area contributed by atoms with Crippen molar-refractivity contribution in [3.05, 3.63) is 35.9 Å². The van der Waals surface area contributed by atoms with Crippen molar-refractivity contribution in [2.24, 2.45) is 0 Å². The number of carbonyl (C=O) groups excluding carboxylic acids is 1. The van der Waals surface area contributed by atoms with Crippen molar-refractivity contribution in [3.63, 3.8) is 0 Å². The molecule has 5 heteroatoms. The maximum atomic E-state index is 12.3. The van der Waals surface area contributed by atoms with E-state index in [0.29, 0.717) is 6.61 Å². The number of carbonyl (C=O) groups is 1. The van der Waals surface area contributed by atoms with Crippen LogP contribution in [0.2, 0.25) is 0 Å². The minimum atomic E-state index is -0.213. The van der Waals surface area contributed by atoms with Crippen LogP contribution < -0.4 is 0 Å². The molecule has 2 aliphatic heterocycles. The molecule has 0 spiro atoms. The van der Waals surface area contributed by atoms with Gasteiger partial charge in [0, 0.05) is 12.3 Å². The summed E-state index contributed by atoms with van der Waals surface area (Å²) in [6.45, 7) is 3.18. The zero-order valence-electron chi connectivity index (χ0n) is 12.2. The monoisotopic (exact) mass is 307 g/mol. The second-order valence-corrected chi connectivity index (χ2v) is 6.85. The van der Waals surface area contributed by atoms with Gasteiger partial charge < -0.3 is 14.4 Å². The summed E-state index contributed by atoms with van der Waals surface area (Å²) in [5.74, 6) is 0.967. The summed E-state index contributed by atoms with van der Waals surface area (Å²) in [5.41, 5.74) is 1.25. The second-order valence-electron chi connectivity index (χ2n) is 5.52. The first kappa shape index (κ1) is 14.7. The Morgan fingerprint density at radius 1 is 1.43 bits per heavy atom. The number of nitrogens with zero attached hydrogens (tertiary/aromatic N) is 1. The molecule has 2 saturated heterocycles. The number of benzene rings is 1. The number of hydrogen-bond acceptors (Lipinski definition) is 4. The van der Waals surface area contributed by atoms with E-state index in [2.05, 4.69) is 6.92 Å². The summed E-state index contributed by atoms with van der Waals surface area (Å²) < 4.78 is 11.4. The van der Waals surface area contributed by atoms with Gasteiger partial charge in [0.05, 0.1) is 12.1 Å². The van der Waals surface area contributed by atoms with Crippen LogP contribution in [0.5, 0.6) is 0 Å². The first-order valence-corrected chi connectivity index (χ1v) is 8.53. The molecule has 114 valence electrons. The predicted octanol–water partition coefficient (Wildman–Crippen LogP) is 3.27. The summed E-state index contributed by atoms with van der Waals surface area (Å²) in [4.78, 5) is 14.2. The maximum absolute atomic E-state index is 12.3. The van der Waals surface area contributed by atoms with Crippen molar-refractivity contribution >= 4 is 17.9 Å². The first-order valence-electron chi connectivity index (χ1n) is 7.48. The van der Waals surface area contributed by atoms with E-state index in [1.54, 1.807) is 0 Å². The molecule has 21 heavy (non-hydrogen) atoms. The van der Waals surface area contributed by atoms with Crippen molar-refractivity contribution in [1.29, 1.82) is 0 Å². The Bertz CT molecular complexity index is 482. The van der Waals surface area contributed by atoms with E-state index in [9.17, 15) is 4.79 Å². The van der Waals surface area contributed by atoms with E-state index in [4.69, 9.17) is 9.47 Å². The molecule has 0 aliphatic carbocycles. The van der Waals surface area contributed by atoms with Gasteiger partial charge in [-0.1, -0.05) is 30.3 Å². The normalized spacial score (nSPS) is 28.8. The van der Waals surface area contributed by atoms with Gasteiger partial charge in [0.2, 0.25) is 0 Å². The summed E-state index contributed by atoms with van der Waals surface area (Å²) in [6.07, 6.45) is 1.98. The highest BCUT2D eigenvalue weighted by molar-refractivity contribution is 8.00. The molecule has 2 heterocycles. The van der Waals surface area contributed by atoms with Crippen LogP contribution in [0.15, 0.2) is 30.3 Å². The van der Waals surface area contributed by atoms with Crippen LogP contribution in [0.3, 0.4) is 0 Å². The van der Waals surface area contributed by atoms with Gasteiger partial charge in [0.15, 0.2) is 0 Å². The van der Waals surface area contributed by atoms with Crippen molar-refractivity contribution < 1.29 is 14.3 Å². The molecule has 2 aliphatic rings. The molecule has 0 N–H and O–H groups in total. The summed E-state index contributed by atoms with van der Waals surface area (Å²) in [5, 5.41) is 0.